The van der Waals surface area contributed by atoms with Crippen LogP contribution in [-0.4, -0.2) is 45.5 Å². The molecular formula is C19H24N6O4S. The highest BCUT2D eigenvalue weighted by Crippen LogP contribution is 2.23. The van der Waals surface area contributed by atoms with E-state index >= 15 is 0 Å². The fourth-order valence-corrected chi connectivity index (χ4v) is 3.58. The first-order valence-electron chi connectivity index (χ1n) is 9.41. The predicted molar refractivity (Wildman–Crippen MR) is 113 cm³/mol. The van der Waals surface area contributed by atoms with Crippen molar-refractivity contribution in [2.24, 2.45) is 0 Å². The number of anilines is 2. The summed E-state index contributed by atoms with van der Waals surface area (Å²) >= 11 is 0. The van der Waals surface area contributed by atoms with Crippen LogP contribution in [0.2, 0.25) is 0 Å². The maximum atomic E-state index is 12.1. The van der Waals surface area contributed by atoms with Crippen molar-refractivity contribution < 1.29 is 18.3 Å². The zero-order valence-electron chi connectivity index (χ0n) is 17.2. The minimum atomic E-state index is -3.63. The van der Waals surface area contributed by atoms with E-state index in [0.29, 0.717) is 17.9 Å². The molecule has 0 aliphatic rings. The average molecular weight is 433 g/mol. The molecule has 2 heterocycles. The number of carbonyl (C=O) groups is 1. The van der Waals surface area contributed by atoms with Gasteiger partial charge in [-0.15, -0.1) is 0 Å². The van der Waals surface area contributed by atoms with Gasteiger partial charge >= 0.3 is 6.09 Å². The Balaban J connectivity index is 2.03. The molecule has 0 saturated carbocycles. The number of nitrogens with one attached hydrogen (secondary N) is 2. The Morgan fingerprint density at radius 3 is 2.57 bits per heavy atom. The Kier molecular flexibility index (Phi) is 5.92. The van der Waals surface area contributed by atoms with Gasteiger partial charge in [-0.2, -0.15) is 19.6 Å². The average Bonchev–Trinajstić information content (AvgIpc) is 3.09. The van der Waals surface area contributed by atoms with Crippen molar-refractivity contribution in [1.82, 2.24) is 19.6 Å². The lowest BCUT2D eigenvalue weighted by Gasteiger charge is -2.13. The smallest absolute Gasteiger partial charge is 0.409 e. The number of aromatic nitrogens is 4. The molecule has 0 spiro atoms. The first-order valence-corrected chi connectivity index (χ1v) is 11.3. The largest absolute Gasteiger partial charge is 0.465 e. The maximum absolute atomic E-state index is 12.1. The third-order valence-electron chi connectivity index (χ3n) is 4.60. The number of fused-ring (bicyclic) bond motifs is 1. The van der Waals surface area contributed by atoms with Crippen LogP contribution in [0, 0.1) is 0 Å². The van der Waals surface area contributed by atoms with Crippen LogP contribution in [0.25, 0.3) is 5.65 Å². The molecule has 3 N–H and O–H groups in total. The molecule has 2 aromatic heterocycles. The Bertz CT molecular complexity index is 1200. The van der Waals surface area contributed by atoms with Gasteiger partial charge in [-0.25, -0.2) is 13.2 Å². The molecule has 1 amide bonds. The highest BCUT2D eigenvalue weighted by atomic mass is 32.2. The lowest BCUT2D eigenvalue weighted by atomic mass is 10.0. The molecule has 0 atom stereocenters. The Labute approximate surface area is 174 Å². The van der Waals surface area contributed by atoms with Crippen LogP contribution in [0.15, 0.2) is 29.6 Å². The third-order valence-corrected chi connectivity index (χ3v) is 5.45. The van der Waals surface area contributed by atoms with Crippen molar-refractivity contribution in [3.8, 4) is 0 Å². The number of carboxylic acid groups (broad SMARTS) is 1. The van der Waals surface area contributed by atoms with Gasteiger partial charge in [0.2, 0.25) is 15.8 Å². The molecule has 10 nitrogen and oxygen atoms in total. The summed E-state index contributed by atoms with van der Waals surface area (Å²) in [6, 6.07) is 5.28. The third kappa shape index (κ3) is 4.51. The predicted octanol–water partition coefficient (Wildman–Crippen LogP) is 2.92. The van der Waals surface area contributed by atoms with Gasteiger partial charge in [0.15, 0.2) is 5.65 Å². The van der Waals surface area contributed by atoms with Crippen molar-refractivity contribution in [2.75, 3.05) is 16.9 Å². The van der Waals surface area contributed by atoms with Gasteiger partial charge < -0.3 is 10.4 Å². The van der Waals surface area contributed by atoms with Crippen molar-refractivity contribution in [3.63, 3.8) is 0 Å². The summed E-state index contributed by atoms with van der Waals surface area (Å²) in [6.07, 6.45) is 2.31. The van der Waals surface area contributed by atoms with E-state index in [1.165, 1.54) is 4.52 Å². The molecule has 0 unspecified atom stereocenters. The zero-order chi connectivity index (χ0) is 22.1. The van der Waals surface area contributed by atoms with Crippen LogP contribution in [0.5, 0.6) is 0 Å². The minimum absolute atomic E-state index is 0.100. The molecule has 160 valence electrons. The molecule has 0 aliphatic carbocycles. The second-order valence-electron chi connectivity index (χ2n) is 7.21. The number of aryl methyl sites for hydroxylation is 1. The molecule has 3 aromatic rings. The lowest BCUT2D eigenvalue weighted by Crippen LogP contribution is -2.14. The van der Waals surface area contributed by atoms with Crippen molar-refractivity contribution >= 4 is 33.2 Å². The molecule has 3 rings (SSSR count). The number of rotatable bonds is 7. The molecule has 1 aromatic carbocycles. The summed E-state index contributed by atoms with van der Waals surface area (Å²) < 4.78 is 25.7. The number of hydrogen-bond donors (Lipinski definition) is 3. The van der Waals surface area contributed by atoms with E-state index in [9.17, 15) is 13.2 Å². The highest BCUT2D eigenvalue weighted by molar-refractivity contribution is 7.90. The summed E-state index contributed by atoms with van der Waals surface area (Å²) in [5.41, 5.74) is 3.57. The van der Waals surface area contributed by atoms with Crippen molar-refractivity contribution in [2.45, 2.75) is 44.8 Å². The van der Waals surface area contributed by atoms with Crippen LogP contribution in [0.4, 0.5) is 16.4 Å². The maximum Gasteiger partial charge on any atom is 0.409 e. The van der Waals surface area contributed by atoms with Gasteiger partial charge in [-0.1, -0.05) is 26.8 Å². The molecule has 30 heavy (non-hydrogen) atoms. The number of sulfone groups is 1. The van der Waals surface area contributed by atoms with Gasteiger partial charge in [0.25, 0.3) is 5.16 Å². The molecule has 0 saturated heterocycles. The summed E-state index contributed by atoms with van der Waals surface area (Å²) in [5.74, 6) is 0.342. The van der Waals surface area contributed by atoms with E-state index in [1.54, 1.807) is 18.3 Å². The SMILES string of the molecule is CCc1ccc(NC(=O)O)cc1CNc1nc(S(C)(=O)=O)nc2c(C(C)C)cnn12. The number of hydrogen-bond acceptors (Lipinski definition) is 7. The molecular weight excluding hydrogens is 408 g/mol. The van der Waals surface area contributed by atoms with E-state index in [-0.39, 0.29) is 17.0 Å². The summed E-state index contributed by atoms with van der Waals surface area (Å²) in [5, 5.41) is 18.5. The summed E-state index contributed by atoms with van der Waals surface area (Å²) in [6.45, 7) is 6.24. The van der Waals surface area contributed by atoms with Crippen LogP contribution >= 0.6 is 0 Å². The number of amides is 1. The minimum Gasteiger partial charge on any atom is -0.465 e. The second-order valence-corrected chi connectivity index (χ2v) is 9.12. The number of benzene rings is 1. The topological polar surface area (TPSA) is 139 Å². The van der Waals surface area contributed by atoms with Gasteiger partial charge in [-0.3, -0.25) is 5.32 Å². The number of nitrogens with zero attached hydrogens (tertiary/aromatic N) is 4. The van der Waals surface area contributed by atoms with Crippen LogP contribution in [0.3, 0.4) is 0 Å². The van der Waals surface area contributed by atoms with E-state index in [0.717, 1.165) is 29.4 Å². The van der Waals surface area contributed by atoms with Gasteiger partial charge in [0.1, 0.15) is 0 Å². The molecule has 11 heteroatoms. The van der Waals surface area contributed by atoms with E-state index in [1.807, 2.05) is 26.8 Å². The monoisotopic (exact) mass is 432 g/mol. The van der Waals surface area contributed by atoms with Crippen molar-refractivity contribution in [1.29, 1.82) is 0 Å². The van der Waals surface area contributed by atoms with Gasteiger partial charge in [-0.05, 0) is 35.6 Å². The standard InChI is InChI=1S/C19H24N6O4S/c1-5-12-6-7-14(22-19(26)27)8-13(12)9-20-17-24-18(30(4,28)29)23-16-15(11(2)3)10-21-25(16)17/h6-8,10-11,22H,5,9H2,1-4H3,(H,26,27)(H,20,23,24). The molecule has 0 radical (unpaired) electrons. The summed E-state index contributed by atoms with van der Waals surface area (Å²) in [7, 11) is -3.63. The lowest BCUT2D eigenvalue weighted by molar-refractivity contribution is 0.209. The van der Waals surface area contributed by atoms with E-state index in [2.05, 4.69) is 25.7 Å². The quantitative estimate of drug-likeness (QED) is 0.518. The zero-order valence-corrected chi connectivity index (χ0v) is 18.0. The Morgan fingerprint density at radius 2 is 1.97 bits per heavy atom. The fourth-order valence-electron chi connectivity index (χ4n) is 3.07. The van der Waals surface area contributed by atoms with Crippen LogP contribution in [-0.2, 0) is 22.8 Å². The molecule has 0 bridgehead atoms. The second kappa shape index (κ2) is 8.27. The highest BCUT2D eigenvalue weighted by Gasteiger charge is 2.20. The molecule has 0 fully saturated rings. The summed E-state index contributed by atoms with van der Waals surface area (Å²) in [4.78, 5) is 19.3. The first kappa shape index (κ1) is 21.5. The molecule has 0 aliphatic heterocycles. The van der Waals surface area contributed by atoms with Crippen molar-refractivity contribution in [3.05, 3.63) is 41.1 Å². The normalized spacial score (nSPS) is 11.8. The Hall–Kier alpha value is -3.21. The van der Waals surface area contributed by atoms with Gasteiger partial charge in [0.05, 0.1) is 6.20 Å². The van der Waals surface area contributed by atoms with Crippen LogP contribution in [0.1, 0.15) is 43.4 Å². The van der Waals surface area contributed by atoms with Gasteiger partial charge in [0, 0.05) is 24.1 Å². The fraction of sp³-hybridized carbons (Fsp3) is 0.368. The van der Waals surface area contributed by atoms with E-state index in [4.69, 9.17) is 5.11 Å². The van der Waals surface area contributed by atoms with Crippen LogP contribution < -0.4 is 10.6 Å². The first-order chi connectivity index (χ1) is 14.1. The van der Waals surface area contributed by atoms with E-state index < -0.39 is 15.9 Å². The Morgan fingerprint density at radius 1 is 1.23 bits per heavy atom.